The van der Waals surface area contributed by atoms with Crippen molar-refractivity contribution >= 4 is 22.9 Å². The molecular formula is C7H14N3O2S+. The van der Waals surface area contributed by atoms with Crippen LogP contribution >= 0.6 is 11.8 Å². The molecule has 13 heavy (non-hydrogen) atoms. The van der Waals surface area contributed by atoms with Crippen molar-refractivity contribution in [1.82, 2.24) is 5.43 Å². The maximum atomic E-state index is 10.5. The molecule has 0 bridgehead atoms. The van der Waals surface area contributed by atoms with Crippen molar-refractivity contribution in [3.05, 3.63) is 0 Å². The Morgan fingerprint density at radius 2 is 2.38 bits per heavy atom. The Hall–Kier alpha value is -0.750. The fourth-order valence-corrected chi connectivity index (χ4v) is 2.32. The molecule has 1 fully saturated rings. The van der Waals surface area contributed by atoms with Crippen LogP contribution in [-0.4, -0.2) is 47.4 Å². The zero-order chi connectivity index (χ0) is 10.1. The fraction of sp³-hybridized carbons (Fsp3) is 0.714. The molecule has 0 amide bonds. The van der Waals surface area contributed by atoms with Crippen LogP contribution in [0.5, 0.6) is 0 Å². The van der Waals surface area contributed by atoms with E-state index in [4.69, 9.17) is 5.11 Å². The first-order valence-electron chi connectivity index (χ1n) is 3.93. The first-order chi connectivity index (χ1) is 5.95. The van der Waals surface area contributed by atoms with Crippen LogP contribution in [0.4, 0.5) is 0 Å². The summed E-state index contributed by atoms with van der Waals surface area (Å²) in [5.74, 6) is -0.775. The molecule has 1 unspecified atom stereocenters. The highest BCUT2D eigenvalue weighted by Crippen LogP contribution is 2.28. The molecule has 5 nitrogen and oxygen atoms in total. The van der Waals surface area contributed by atoms with Gasteiger partial charge in [0.2, 0.25) is 5.17 Å². The number of amidine groups is 1. The number of nitrogens with zero attached hydrogens (tertiary/aromatic N) is 2. The van der Waals surface area contributed by atoms with Gasteiger partial charge in [-0.05, 0) is 11.8 Å². The van der Waals surface area contributed by atoms with E-state index in [1.165, 1.54) is 11.8 Å². The smallest absolute Gasteiger partial charge is 0.310 e. The Balaban J connectivity index is 2.70. The second-order valence-electron chi connectivity index (χ2n) is 3.35. The molecule has 1 atom stereocenters. The lowest BCUT2D eigenvalue weighted by Gasteiger charge is -2.27. The highest BCUT2D eigenvalue weighted by molar-refractivity contribution is 8.14. The van der Waals surface area contributed by atoms with Crippen molar-refractivity contribution in [3.8, 4) is 0 Å². The number of quaternary nitrogens is 1. The van der Waals surface area contributed by atoms with Crippen molar-refractivity contribution < 1.29 is 14.5 Å². The predicted octanol–water partition coefficient (Wildman–Crippen LogP) is 0.101. The number of carboxylic acids is 1. The minimum Gasteiger partial charge on any atom is -0.481 e. The van der Waals surface area contributed by atoms with Gasteiger partial charge in [0, 0.05) is 7.05 Å². The number of aliphatic imine (C=N–C) groups is 1. The van der Waals surface area contributed by atoms with Crippen molar-refractivity contribution in [2.75, 3.05) is 21.1 Å². The molecule has 1 aliphatic heterocycles. The molecule has 1 saturated heterocycles. The Morgan fingerprint density at radius 3 is 2.77 bits per heavy atom. The molecule has 6 heteroatoms. The summed E-state index contributed by atoms with van der Waals surface area (Å²) in [6.07, 6.45) is 0.143. The maximum absolute atomic E-state index is 10.5. The Kier molecular flexibility index (Phi) is 2.82. The number of carbonyl (C=O) groups is 1. The van der Waals surface area contributed by atoms with Crippen LogP contribution in [0.15, 0.2) is 4.99 Å². The van der Waals surface area contributed by atoms with E-state index in [0.29, 0.717) is 4.59 Å². The molecule has 0 aliphatic carbocycles. The van der Waals surface area contributed by atoms with Gasteiger partial charge in [-0.15, -0.1) is 0 Å². The van der Waals surface area contributed by atoms with E-state index in [2.05, 4.69) is 10.4 Å². The van der Waals surface area contributed by atoms with E-state index >= 15 is 0 Å². The van der Waals surface area contributed by atoms with Gasteiger partial charge in [0.05, 0.1) is 14.1 Å². The number of hydrogen-bond acceptors (Lipinski definition) is 3. The van der Waals surface area contributed by atoms with E-state index < -0.39 is 5.97 Å². The summed E-state index contributed by atoms with van der Waals surface area (Å²) in [5, 5.41) is 9.47. The topological polar surface area (TPSA) is 61.7 Å². The first kappa shape index (κ1) is 10.3. The SMILES string of the molecule is CN=C1N[N+](C)(C)C(CC(=O)O)S1. The summed E-state index contributed by atoms with van der Waals surface area (Å²) < 4.78 is 0.462. The van der Waals surface area contributed by atoms with Crippen molar-refractivity contribution in [1.29, 1.82) is 0 Å². The largest absolute Gasteiger partial charge is 0.481 e. The van der Waals surface area contributed by atoms with E-state index in [-0.39, 0.29) is 11.8 Å². The summed E-state index contributed by atoms with van der Waals surface area (Å²) in [4.78, 5) is 14.5. The second-order valence-corrected chi connectivity index (χ2v) is 4.52. The predicted molar refractivity (Wildman–Crippen MR) is 52.2 cm³/mol. The van der Waals surface area contributed by atoms with Gasteiger partial charge in [0.1, 0.15) is 6.42 Å². The van der Waals surface area contributed by atoms with E-state index in [1.807, 2.05) is 14.1 Å². The molecule has 1 heterocycles. The van der Waals surface area contributed by atoms with Crippen LogP contribution in [0.1, 0.15) is 6.42 Å². The molecule has 0 aromatic carbocycles. The fourth-order valence-electron chi connectivity index (χ4n) is 1.13. The minimum atomic E-state index is -0.775. The van der Waals surface area contributed by atoms with Crippen LogP contribution in [-0.2, 0) is 4.79 Å². The molecule has 0 spiro atoms. The lowest BCUT2D eigenvalue weighted by Crippen LogP contribution is -2.52. The normalized spacial score (nSPS) is 28.8. The Morgan fingerprint density at radius 1 is 1.77 bits per heavy atom. The number of hydrogen-bond donors (Lipinski definition) is 2. The quantitative estimate of drug-likeness (QED) is 0.626. The van der Waals surface area contributed by atoms with Gasteiger partial charge in [-0.3, -0.25) is 9.79 Å². The number of carboxylic acid groups (broad SMARTS) is 1. The average molecular weight is 204 g/mol. The molecule has 2 N–H and O–H groups in total. The number of nitrogens with one attached hydrogen (secondary N) is 1. The van der Waals surface area contributed by atoms with E-state index in [0.717, 1.165) is 5.17 Å². The van der Waals surface area contributed by atoms with Crippen LogP contribution in [0.3, 0.4) is 0 Å². The van der Waals surface area contributed by atoms with Gasteiger partial charge >= 0.3 is 5.97 Å². The first-order valence-corrected chi connectivity index (χ1v) is 4.81. The summed E-state index contributed by atoms with van der Waals surface area (Å²) >= 11 is 1.48. The number of rotatable bonds is 2. The maximum Gasteiger partial charge on any atom is 0.310 e. The van der Waals surface area contributed by atoms with E-state index in [1.54, 1.807) is 7.05 Å². The number of thioether (sulfide) groups is 1. The third-order valence-electron chi connectivity index (χ3n) is 1.90. The summed E-state index contributed by atoms with van der Waals surface area (Å²) in [6.45, 7) is 0. The molecule has 0 radical (unpaired) electrons. The Bertz CT molecular complexity index is 252. The van der Waals surface area contributed by atoms with E-state index in [9.17, 15) is 4.79 Å². The monoisotopic (exact) mass is 204 g/mol. The molecule has 1 rings (SSSR count). The van der Waals surface area contributed by atoms with Crippen LogP contribution in [0, 0.1) is 0 Å². The highest BCUT2D eigenvalue weighted by Gasteiger charge is 2.40. The van der Waals surface area contributed by atoms with Crippen molar-refractivity contribution in [2.45, 2.75) is 11.8 Å². The third kappa shape index (κ3) is 2.35. The van der Waals surface area contributed by atoms with Gasteiger partial charge in [-0.25, -0.2) is 10.0 Å². The standard InChI is InChI=1S/C7H13N3O2S/c1-8-7-9-10(2,3)5(13-7)4-6(11)12/h5H,4H2,1-3H3,(H-,8,9,11,12)/p+1. The molecule has 0 saturated carbocycles. The lowest BCUT2D eigenvalue weighted by atomic mass is 10.4. The van der Waals surface area contributed by atoms with Crippen LogP contribution in [0.25, 0.3) is 0 Å². The molecule has 1 aliphatic rings. The van der Waals surface area contributed by atoms with Crippen molar-refractivity contribution in [3.63, 3.8) is 0 Å². The summed E-state index contributed by atoms with van der Waals surface area (Å²) in [6, 6.07) is 0. The van der Waals surface area contributed by atoms with Gasteiger partial charge in [-0.2, -0.15) is 0 Å². The molecular weight excluding hydrogens is 190 g/mol. The highest BCUT2D eigenvalue weighted by atomic mass is 32.2. The van der Waals surface area contributed by atoms with Gasteiger partial charge in [0.15, 0.2) is 5.37 Å². The average Bonchev–Trinajstić information content (AvgIpc) is 2.26. The zero-order valence-electron chi connectivity index (χ0n) is 7.94. The lowest BCUT2D eigenvalue weighted by molar-refractivity contribution is -0.929. The summed E-state index contributed by atoms with van der Waals surface area (Å²) in [5.41, 5.74) is 3.12. The Labute approximate surface area is 81.4 Å². The third-order valence-corrected chi connectivity index (χ3v) is 3.37. The van der Waals surface area contributed by atoms with Gasteiger partial charge < -0.3 is 5.11 Å². The molecule has 74 valence electrons. The molecule has 0 aromatic heterocycles. The minimum absolute atomic E-state index is 0.00352. The second kappa shape index (κ2) is 3.55. The van der Waals surface area contributed by atoms with Crippen LogP contribution in [0.2, 0.25) is 0 Å². The summed E-state index contributed by atoms with van der Waals surface area (Å²) in [7, 11) is 5.55. The van der Waals surface area contributed by atoms with Gasteiger partial charge in [-0.1, -0.05) is 0 Å². The molecule has 0 aromatic rings. The zero-order valence-corrected chi connectivity index (χ0v) is 8.76. The van der Waals surface area contributed by atoms with Crippen LogP contribution < -0.4 is 5.43 Å². The number of aliphatic carboxylic acids is 1. The van der Waals surface area contributed by atoms with Crippen molar-refractivity contribution in [2.24, 2.45) is 4.99 Å². The van der Waals surface area contributed by atoms with Gasteiger partial charge in [0.25, 0.3) is 0 Å².